The van der Waals surface area contributed by atoms with E-state index in [-0.39, 0.29) is 5.56 Å². The predicted octanol–water partition coefficient (Wildman–Crippen LogP) is 4.18. The molecule has 1 saturated carbocycles. The molecule has 3 heteroatoms. The Morgan fingerprint density at radius 3 is 2.38 bits per heavy atom. The minimum absolute atomic E-state index is 0.00287. The van der Waals surface area contributed by atoms with Gasteiger partial charge in [-0.25, -0.2) is 4.98 Å². The Bertz CT molecular complexity index is 653. The SMILES string of the molecule is Cc1c(-c2ccccc2)nc(C2CCCCCC2)[nH]c1=O. The van der Waals surface area contributed by atoms with E-state index in [2.05, 4.69) is 4.98 Å². The molecule has 0 radical (unpaired) electrons. The molecule has 1 heterocycles. The van der Waals surface area contributed by atoms with Gasteiger partial charge in [0.05, 0.1) is 5.69 Å². The standard InChI is InChI=1S/C18H22N2O/c1-13-16(14-9-7-4-8-10-14)19-17(20-18(13)21)15-11-5-2-3-6-12-15/h4,7-10,15H,2-3,5-6,11-12H2,1H3,(H,19,20,21). The lowest BCUT2D eigenvalue weighted by atomic mass is 9.98. The first-order valence-corrected chi connectivity index (χ1v) is 7.92. The maximum Gasteiger partial charge on any atom is 0.254 e. The predicted molar refractivity (Wildman–Crippen MR) is 85.5 cm³/mol. The molecule has 1 aromatic heterocycles. The van der Waals surface area contributed by atoms with Crippen molar-refractivity contribution < 1.29 is 0 Å². The second-order valence-electron chi connectivity index (χ2n) is 5.98. The van der Waals surface area contributed by atoms with Crippen LogP contribution < -0.4 is 5.56 Å². The first-order chi connectivity index (χ1) is 10.3. The van der Waals surface area contributed by atoms with Crippen LogP contribution in [-0.4, -0.2) is 9.97 Å². The summed E-state index contributed by atoms with van der Waals surface area (Å²) in [5, 5.41) is 0. The van der Waals surface area contributed by atoms with Gasteiger partial charge in [0.1, 0.15) is 5.82 Å². The third kappa shape index (κ3) is 3.07. The number of aromatic amines is 1. The van der Waals surface area contributed by atoms with Crippen LogP contribution in [0.3, 0.4) is 0 Å². The Morgan fingerprint density at radius 1 is 1.05 bits per heavy atom. The van der Waals surface area contributed by atoms with Gasteiger partial charge in [-0.2, -0.15) is 0 Å². The van der Waals surface area contributed by atoms with E-state index in [1.54, 1.807) is 0 Å². The second kappa shape index (κ2) is 6.25. The molecule has 0 amide bonds. The molecule has 3 rings (SSSR count). The summed E-state index contributed by atoms with van der Waals surface area (Å²) in [6, 6.07) is 10.0. The topological polar surface area (TPSA) is 45.8 Å². The molecule has 1 aliphatic carbocycles. The lowest BCUT2D eigenvalue weighted by Crippen LogP contribution is -2.18. The highest BCUT2D eigenvalue weighted by molar-refractivity contribution is 5.62. The fourth-order valence-electron chi connectivity index (χ4n) is 3.17. The third-order valence-electron chi connectivity index (χ3n) is 4.46. The molecule has 0 bridgehead atoms. The van der Waals surface area contributed by atoms with Crippen molar-refractivity contribution in [1.82, 2.24) is 9.97 Å². The van der Waals surface area contributed by atoms with E-state index in [9.17, 15) is 4.79 Å². The fraction of sp³-hybridized carbons (Fsp3) is 0.444. The van der Waals surface area contributed by atoms with E-state index in [1.807, 2.05) is 37.3 Å². The number of hydrogen-bond acceptors (Lipinski definition) is 2. The number of hydrogen-bond donors (Lipinski definition) is 1. The molecular formula is C18H22N2O. The quantitative estimate of drug-likeness (QED) is 0.840. The van der Waals surface area contributed by atoms with Gasteiger partial charge in [-0.3, -0.25) is 4.79 Å². The van der Waals surface area contributed by atoms with Gasteiger partial charge in [-0.05, 0) is 19.8 Å². The highest BCUT2D eigenvalue weighted by atomic mass is 16.1. The van der Waals surface area contributed by atoms with Crippen LogP contribution in [0.25, 0.3) is 11.3 Å². The maximum atomic E-state index is 12.3. The van der Waals surface area contributed by atoms with Crippen LogP contribution in [0.4, 0.5) is 0 Å². The van der Waals surface area contributed by atoms with Crippen molar-refractivity contribution in [3.63, 3.8) is 0 Å². The van der Waals surface area contributed by atoms with Gasteiger partial charge in [0.15, 0.2) is 0 Å². The van der Waals surface area contributed by atoms with Crippen molar-refractivity contribution in [3.8, 4) is 11.3 Å². The zero-order valence-corrected chi connectivity index (χ0v) is 12.6. The van der Waals surface area contributed by atoms with Crippen molar-refractivity contribution >= 4 is 0 Å². The number of H-pyrrole nitrogens is 1. The third-order valence-corrected chi connectivity index (χ3v) is 4.46. The molecular weight excluding hydrogens is 260 g/mol. The molecule has 1 aliphatic rings. The summed E-state index contributed by atoms with van der Waals surface area (Å²) in [5.74, 6) is 1.29. The molecule has 0 aliphatic heterocycles. The van der Waals surface area contributed by atoms with E-state index >= 15 is 0 Å². The number of nitrogens with zero attached hydrogens (tertiary/aromatic N) is 1. The van der Waals surface area contributed by atoms with Crippen molar-refractivity contribution in [2.75, 3.05) is 0 Å². The highest BCUT2D eigenvalue weighted by Gasteiger charge is 2.19. The fourth-order valence-corrected chi connectivity index (χ4v) is 3.17. The number of rotatable bonds is 2. The average Bonchev–Trinajstić information content (AvgIpc) is 2.80. The summed E-state index contributed by atoms with van der Waals surface area (Å²) in [6.45, 7) is 1.85. The van der Waals surface area contributed by atoms with Crippen LogP contribution in [0.5, 0.6) is 0 Å². The molecule has 21 heavy (non-hydrogen) atoms. The number of benzene rings is 1. The van der Waals surface area contributed by atoms with Gasteiger partial charge >= 0.3 is 0 Å². The molecule has 0 unspecified atom stereocenters. The second-order valence-corrected chi connectivity index (χ2v) is 5.98. The van der Waals surface area contributed by atoms with E-state index in [0.29, 0.717) is 11.5 Å². The summed E-state index contributed by atoms with van der Waals surface area (Å²) in [4.78, 5) is 20.1. The first-order valence-electron chi connectivity index (χ1n) is 7.92. The summed E-state index contributed by atoms with van der Waals surface area (Å²) >= 11 is 0. The summed E-state index contributed by atoms with van der Waals surface area (Å²) in [5.41, 5.74) is 2.57. The van der Waals surface area contributed by atoms with Gasteiger partial charge in [-0.15, -0.1) is 0 Å². The molecule has 0 saturated heterocycles. The van der Waals surface area contributed by atoms with Crippen molar-refractivity contribution in [2.45, 2.75) is 51.4 Å². The van der Waals surface area contributed by atoms with Crippen molar-refractivity contribution in [3.05, 3.63) is 52.1 Å². The van der Waals surface area contributed by atoms with Crippen LogP contribution in [0.1, 0.15) is 55.8 Å². The Morgan fingerprint density at radius 2 is 1.71 bits per heavy atom. The van der Waals surface area contributed by atoms with Crippen LogP contribution >= 0.6 is 0 Å². The molecule has 1 fully saturated rings. The monoisotopic (exact) mass is 282 g/mol. The van der Waals surface area contributed by atoms with Gasteiger partial charge in [0.2, 0.25) is 0 Å². The van der Waals surface area contributed by atoms with E-state index in [0.717, 1.165) is 29.9 Å². The number of aromatic nitrogens is 2. The minimum atomic E-state index is 0.00287. The smallest absolute Gasteiger partial charge is 0.254 e. The summed E-state index contributed by atoms with van der Waals surface area (Å²) in [7, 11) is 0. The maximum absolute atomic E-state index is 12.3. The molecule has 110 valence electrons. The Labute approximate surface area is 125 Å². The summed E-state index contributed by atoms with van der Waals surface area (Å²) in [6.07, 6.45) is 7.36. The van der Waals surface area contributed by atoms with Crippen LogP contribution in [-0.2, 0) is 0 Å². The molecule has 0 spiro atoms. The zero-order valence-electron chi connectivity index (χ0n) is 12.6. The van der Waals surface area contributed by atoms with Gasteiger partial charge in [0, 0.05) is 17.0 Å². The lowest BCUT2D eigenvalue weighted by Gasteiger charge is -2.15. The normalized spacial score (nSPS) is 16.6. The largest absolute Gasteiger partial charge is 0.310 e. The molecule has 1 aromatic carbocycles. The van der Waals surface area contributed by atoms with Crippen molar-refractivity contribution in [2.24, 2.45) is 0 Å². The molecule has 3 nitrogen and oxygen atoms in total. The Balaban J connectivity index is 2.03. The van der Waals surface area contributed by atoms with Gasteiger partial charge in [-0.1, -0.05) is 56.0 Å². The van der Waals surface area contributed by atoms with Gasteiger partial charge in [0.25, 0.3) is 5.56 Å². The Hall–Kier alpha value is -1.90. The lowest BCUT2D eigenvalue weighted by molar-refractivity contribution is 0.558. The first kappa shape index (κ1) is 14.1. The summed E-state index contributed by atoms with van der Waals surface area (Å²) < 4.78 is 0. The zero-order chi connectivity index (χ0) is 14.7. The van der Waals surface area contributed by atoms with Crippen LogP contribution in [0, 0.1) is 6.92 Å². The minimum Gasteiger partial charge on any atom is -0.310 e. The number of nitrogens with one attached hydrogen (secondary N) is 1. The molecule has 1 N–H and O–H groups in total. The van der Waals surface area contributed by atoms with Crippen LogP contribution in [0.15, 0.2) is 35.1 Å². The Kier molecular flexibility index (Phi) is 4.18. The van der Waals surface area contributed by atoms with E-state index in [4.69, 9.17) is 4.98 Å². The van der Waals surface area contributed by atoms with Crippen LogP contribution in [0.2, 0.25) is 0 Å². The van der Waals surface area contributed by atoms with Gasteiger partial charge < -0.3 is 4.98 Å². The average molecular weight is 282 g/mol. The highest BCUT2D eigenvalue weighted by Crippen LogP contribution is 2.30. The van der Waals surface area contributed by atoms with E-state index < -0.39 is 0 Å². The molecule has 0 atom stereocenters. The molecule has 2 aromatic rings. The van der Waals surface area contributed by atoms with Crippen molar-refractivity contribution in [1.29, 1.82) is 0 Å². The van der Waals surface area contributed by atoms with E-state index in [1.165, 1.54) is 25.7 Å².